The number of nitriles is 1. The Labute approximate surface area is 316 Å². The number of fused-ring (bicyclic) bond motifs is 1. The van der Waals surface area contributed by atoms with Gasteiger partial charge in [0.1, 0.15) is 29.9 Å². The maximum atomic E-state index is 14.5. The lowest BCUT2D eigenvalue weighted by Gasteiger charge is -2.28. The summed E-state index contributed by atoms with van der Waals surface area (Å²) in [5.41, 5.74) is 10.3. The first kappa shape index (κ1) is 38.3. The summed E-state index contributed by atoms with van der Waals surface area (Å²) in [6.07, 6.45) is 0.0526. The van der Waals surface area contributed by atoms with Gasteiger partial charge in [0.05, 0.1) is 17.6 Å². The Kier molecular flexibility index (Phi) is 12.2. The van der Waals surface area contributed by atoms with Crippen molar-refractivity contribution in [2.24, 2.45) is 11.7 Å². The predicted octanol–water partition coefficient (Wildman–Crippen LogP) is 5.83. The van der Waals surface area contributed by atoms with Crippen molar-refractivity contribution in [1.29, 1.82) is 5.26 Å². The summed E-state index contributed by atoms with van der Waals surface area (Å²) in [5.74, 6) is -3.89. The molecule has 4 aromatic carbocycles. The maximum absolute atomic E-state index is 14.5. The zero-order chi connectivity index (χ0) is 38.8. The molecular weight excluding hydrogens is 719 g/mol. The van der Waals surface area contributed by atoms with E-state index in [1.54, 1.807) is 91.1 Å². The smallest absolute Gasteiger partial charge is 0.408 e. The summed E-state index contributed by atoms with van der Waals surface area (Å²) >= 11 is 0. The van der Waals surface area contributed by atoms with E-state index in [2.05, 4.69) is 26.8 Å². The lowest BCUT2D eigenvalue weighted by molar-refractivity contribution is -0.129. The van der Waals surface area contributed by atoms with Gasteiger partial charge in [-0.05, 0) is 34.9 Å². The zero-order valence-electron chi connectivity index (χ0n) is 29.6. The highest BCUT2D eigenvalue weighted by molar-refractivity contribution is 7.58. The maximum Gasteiger partial charge on any atom is 0.408 e. The van der Waals surface area contributed by atoms with E-state index in [1.807, 2.05) is 30.3 Å². The summed E-state index contributed by atoms with van der Waals surface area (Å²) in [6, 6.07) is 34.5. The monoisotopic (exact) mass is 758 g/mol. The number of ether oxygens (including phenoxy) is 1. The van der Waals surface area contributed by atoms with Gasteiger partial charge in [0, 0.05) is 54.2 Å². The fraction of sp³-hybridized carbons (Fsp3) is 0.195. The Balaban J connectivity index is 1.27. The summed E-state index contributed by atoms with van der Waals surface area (Å²) in [5, 5.41) is 19.5. The third kappa shape index (κ3) is 10.1. The van der Waals surface area contributed by atoms with Crippen molar-refractivity contribution < 1.29 is 33.1 Å². The van der Waals surface area contributed by atoms with Crippen LogP contribution in [0.2, 0.25) is 0 Å². The molecule has 6 aromatic rings. The second-order valence-corrected chi connectivity index (χ2v) is 15.6. The van der Waals surface area contributed by atoms with Crippen molar-refractivity contribution in [3.8, 4) is 17.3 Å². The van der Waals surface area contributed by atoms with E-state index in [-0.39, 0.29) is 31.6 Å². The van der Waals surface area contributed by atoms with E-state index in [0.29, 0.717) is 22.4 Å². The fourth-order valence-electron chi connectivity index (χ4n) is 6.25. The number of alkyl carbamates (subject to hydrolysis) is 1. The van der Waals surface area contributed by atoms with E-state index in [4.69, 9.17) is 15.0 Å². The number of H-pyrrole nitrogens is 1. The van der Waals surface area contributed by atoms with Crippen LogP contribution in [0, 0.1) is 17.2 Å². The molecule has 0 fully saturated rings. The number of benzene rings is 4. The molecule has 2 unspecified atom stereocenters. The molecule has 0 radical (unpaired) electrons. The number of carbonyl (C=O) groups is 3. The zero-order valence-corrected chi connectivity index (χ0v) is 30.5. The van der Waals surface area contributed by atoms with Crippen molar-refractivity contribution >= 4 is 36.2 Å². The molecule has 14 heteroatoms. The lowest BCUT2D eigenvalue weighted by Crippen LogP contribution is -2.49. The van der Waals surface area contributed by atoms with Crippen LogP contribution in [0.25, 0.3) is 22.2 Å². The molecule has 6 N–H and O–H groups in total. The highest BCUT2D eigenvalue weighted by atomic mass is 31.2. The molecular formula is C41H39N6O7P. The number of primary amides is 1. The van der Waals surface area contributed by atoms with Gasteiger partial charge in [-0.2, -0.15) is 5.26 Å². The standard InChI is InChI=1S/C41H39N6O7P/c42-23-28-15-17-30(18-16-28)36-22-33(54-47-36)20-32(40(49)45-37(39(43)48)21-31-24-44-35-14-8-7-13-34(31)35)26-55(51,52)38(19-27-9-3-1-4-10-27)46-41(50)53-25-29-11-5-2-6-12-29/h1-18,22,24,32,37-38,44H,19-21,25-26H2,(H2,43,48)(H,45,49)(H,46,50)(H,51,52)/t32?,37-,38+/m0/s1. The Hall–Kier alpha value is -6.48. The van der Waals surface area contributed by atoms with Gasteiger partial charge in [0.15, 0.2) is 0 Å². The SMILES string of the molecule is N#Cc1ccc(-c2cc(CC(CP(=O)(O)[C@H](Cc3ccccc3)NC(=O)OCc3ccccc3)C(=O)N[C@@H](Cc3c[nH]c4ccccc34)C(N)=O)on2)cc1. The molecule has 0 bridgehead atoms. The number of nitrogens with zero attached hydrogens (tertiary/aromatic N) is 2. The highest BCUT2D eigenvalue weighted by Crippen LogP contribution is 2.48. The van der Waals surface area contributed by atoms with Gasteiger partial charge in [-0.1, -0.05) is 96.2 Å². The third-order valence-corrected chi connectivity index (χ3v) is 11.4. The molecule has 4 atom stereocenters. The number of nitrogens with one attached hydrogen (secondary N) is 3. The number of aromatic amines is 1. The number of aromatic nitrogens is 2. The molecule has 0 saturated carbocycles. The highest BCUT2D eigenvalue weighted by Gasteiger charge is 2.39. The molecule has 2 aromatic heterocycles. The summed E-state index contributed by atoms with van der Waals surface area (Å²) in [6.45, 7) is -0.0660. The topological polar surface area (TPSA) is 213 Å². The van der Waals surface area contributed by atoms with Crippen molar-refractivity contribution in [3.63, 3.8) is 0 Å². The number of amides is 3. The Morgan fingerprint density at radius 1 is 0.891 bits per heavy atom. The van der Waals surface area contributed by atoms with Gasteiger partial charge >= 0.3 is 6.09 Å². The molecule has 6 rings (SSSR count). The van der Waals surface area contributed by atoms with Gasteiger partial charge < -0.3 is 35.5 Å². The van der Waals surface area contributed by atoms with E-state index in [1.165, 1.54) is 0 Å². The van der Waals surface area contributed by atoms with Gasteiger partial charge in [-0.3, -0.25) is 14.2 Å². The third-order valence-electron chi connectivity index (χ3n) is 9.18. The van der Waals surface area contributed by atoms with E-state index >= 15 is 0 Å². The van der Waals surface area contributed by atoms with Crippen LogP contribution in [0.1, 0.15) is 28.0 Å². The Morgan fingerprint density at radius 3 is 2.25 bits per heavy atom. The largest absolute Gasteiger partial charge is 0.445 e. The van der Waals surface area contributed by atoms with Crippen molar-refractivity contribution in [2.45, 2.75) is 37.7 Å². The van der Waals surface area contributed by atoms with Crippen LogP contribution in [0.5, 0.6) is 0 Å². The number of nitrogens with two attached hydrogens (primary N) is 1. The summed E-state index contributed by atoms with van der Waals surface area (Å²) in [4.78, 5) is 55.0. The van der Waals surface area contributed by atoms with E-state index < -0.39 is 49.2 Å². The van der Waals surface area contributed by atoms with Crippen LogP contribution in [-0.2, 0) is 44.8 Å². The molecule has 3 amide bonds. The average molecular weight is 759 g/mol. The van der Waals surface area contributed by atoms with Crippen molar-refractivity contribution in [2.75, 3.05) is 6.16 Å². The van der Waals surface area contributed by atoms with Gasteiger partial charge in [-0.15, -0.1) is 0 Å². The molecule has 55 heavy (non-hydrogen) atoms. The molecule has 2 heterocycles. The van der Waals surface area contributed by atoms with Gasteiger partial charge in [0.2, 0.25) is 19.2 Å². The molecule has 0 aliphatic rings. The predicted molar refractivity (Wildman–Crippen MR) is 205 cm³/mol. The van der Waals surface area contributed by atoms with Crippen LogP contribution in [0.15, 0.2) is 126 Å². The molecule has 0 aliphatic heterocycles. The average Bonchev–Trinajstić information content (AvgIpc) is 3.84. The minimum Gasteiger partial charge on any atom is -0.445 e. The number of hydrogen-bond acceptors (Lipinski definition) is 8. The van der Waals surface area contributed by atoms with Crippen LogP contribution >= 0.6 is 7.37 Å². The number of hydrogen-bond donors (Lipinski definition) is 5. The Bertz CT molecular complexity index is 2340. The first-order valence-corrected chi connectivity index (χ1v) is 19.4. The molecule has 0 spiro atoms. The van der Waals surface area contributed by atoms with Crippen LogP contribution in [0.3, 0.4) is 0 Å². The minimum absolute atomic E-state index is 0.0426. The quantitative estimate of drug-likeness (QED) is 0.0750. The Morgan fingerprint density at radius 2 is 1.56 bits per heavy atom. The fourth-order valence-corrected chi connectivity index (χ4v) is 8.24. The van der Waals surface area contributed by atoms with Crippen molar-refractivity contribution in [1.82, 2.24) is 20.8 Å². The van der Waals surface area contributed by atoms with Crippen LogP contribution in [-0.4, -0.2) is 50.9 Å². The lowest BCUT2D eigenvalue weighted by atomic mass is 10.0. The minimum atomic E-state index is -4.47. The van der Waals surface area contributed by atoms with Crippen molar-refractivity contribution in [3.05, 3.63) is 149 Å². The first-order valence-electron chi connectivity index (χ1n) is 17.5. The molecule has 0 saturated heterocycles. The number of rotatable bonds is 16. The second kappa shape index (κ2) is 17.6. The molecule has 13 nitrogen and oxygen atoms in total. The van der Waals surface area contributed by atoms with Crippen LogP contribution in [0.4, 0.5) is 4.79 Å². The van der Waals surface area contributed by atoms with Crippen LogP contribution < -0.4 is 16.4 Å². The van der Waals surface area contributed by atoms with E-state index in [0.717, 1.165) is 22.0 Å². The molecule has 280 valence electrons. The number of carbonyl (C=O) groups excluding carboxylic acids is 3. The normalized spacial score (nSPS) is 13.8. The summed E-state index contributed by atoms with van der Waals surface area (Å²) < 4.78 is 25.5. The second-order valence-electron chi connectivity index (χ2n) is 13.1. The summed E-state index contributed by atoms with van der Waals surface area (Å²) in [7, 11) is -4.47. The van der Waals surface area contributed by atoms with Gasteiger partial charge in [0.25, 0.3) is 0 Å². The van der Waals surface area contributed by atoms with E-state index in [9.17, 15) is 29.1 Å². The van der Waals surface area contributed by atoms with Gasteiger partial charge in [-0.25, -0.2) is 4.79 Å². The molecule has 0 aliphatic carbocycles. The first-order chi connectivity index (χ1) is 26.6. The number of para-hydroxylation sites is 1.